The fraction of sp³-hybridized carbons (Fsp3) is 0.0909. The van der Waals surface area contributed by atoms with Crippen molar-refractivity contribution >= 4 is 28.8 Å². The maximum Gasteiger partial charge on any atom is 0.255 e. The molecule has 0 aliphatic rings. The van der Waals surface area contributed by atoms with Gasteiger partial charge in [0.1, 0.15) is 23.8 Å². The van der Waals surface area contributed by atoms with Gasteiger partial charge in [-0.15, -0.1) is 0 Å². The van der Waals surface area contributed by atoms with Gasteiger partial charge in [-0.2, -0.15) is 0 Å². The van der Waals surface area contributed by atoms with Crippen molar-refractivity contribution in [3.05, 3.63) is 94.7 Å². The number of carbonyl (C=O) groups excluding carboxylic acids is 1. The quantitative estimate of drug-likeness (QED) is 0.488. The van der Waals surface area contributed by atoms with E-state index in [9.17, 15) is 9.18 Å². The lowest BCUT2D eigenvalue weighted by Crippen LogP contribution is -2.13. The number of rotatable bonds is 5. The fourth-order valence-electron chi connectivity index (χ4n) is 2.94. The summed E-state index contributed by atoms with van der Waals surface area (Å²) in [6.07, 6.45) is 3.84. The molecule has 1 amide bonds. The highest BCUT2D eigenvalue weighted by molar-refractivity contribution is 6.30. The average molecular weight is 410 g/mol. The van der Waals surface area contributed by atoms with E-state index in [2.05, 4.69) is 10.3 Å². The third-order valence-electron chi connectivity index (χ3n) is 4.39. The number of carbonyl (C=O) groups is 1. The molecule has 2 aromatic carbocycles. The molecule has 0 bridgehead atoms. The molecule has 5 nitrogen and oxygen atoms in total. The van der Waals surface area contributed by atoms with Gasteiger partial charge in [0.25, 0.3) is 5.91 Å². The van der Waals surface area contributed by atoms with Crippen LogP contribution in [0.5, 0.6) is 5.75 Å². The van der Waals surface area contributed by atoms with E-state index in [4.69, 9.17) is 16.3 Å². The summed E-state index contributed by atoms with van der Waals surface area (Å²) in [5.41, 5.74) is 3.14. The zero-order valence-corrected chi connectivity index (χ0v) is 16.3. The smallest absolute Gasteiger partial charge is 0.255 e. The van der Waals surface area contributed by atoms with Crippen LogP contribution in [0.3, 0.4) is 0 Å². The maximum atomic E-state index is 13.9. The molecule has 29 heavy (non-hydrogen) atoms. The van der Waals surface area contributed by atoms with Crippen molar-refractivity contribution in [2.45, 2.75) is 13.5 Å². The predicted octanol–water partition coefficient (Wildman–Crippen LogP) is 5.27. The molecule has 2 heterocycles. The molecule has 1 N–H and O–H groups in total. The summed E-state index contributed by atoms with van der Waals surface area (Å²) in [5.74, 6) is -0.525. The molecular weight excluding hydrogens is 393 g/mol. The van der Waals surface area contributed by atoms with E-state index < -0.39 is 11.7 Å². The minimum Gasteiger partial charge on any atom is -0.487 e. The molecule has 0 radical (unpaired) electrons. The number of imidazole rings is 1. The Labute approximate surface area is 171 Å². The number of ether oxygens (including phenoxy) is 1. The number of aryl methyl sites for hydroxylation is 1. The van der Waals surface area contributed by atoms with Crippen LogP contribution in [0.25, 0.3) is 5.65 Å². The number of amides is 1. The molecule has 146 valence electrons. The number of aromatic nitrogens is 2. The Balaban J connectivity index is 1.46. The van der Waals surface area contributed by atoms with Gasteiger partial charge in [0.15, 0.2) is 0 Å². The molecule has 0 aliphatic heterocycles. The molecule has 0 saturated carbocycles. The number of pyridine rings is 1. The van der Waals surface area contributed by atoms with Crippen molar-refractivity contribution in [3.8, 4) is 5.75 Å². The van der Waals surface area contributed by atoms with Gasteiger partial charge >= 0.3 is 0 Å². The van der Waals surface area contributed by atoms with Crippen LogP contribution < -0.4 is 10.1 Å². The second-order valence-electron chi connectivity index (χ2n) is 6.55. The standard InChI is InChI=1S/C22H17ClFN3O2/c1-14-4-3-9-27-12-17(25-21(14)27)13-29-18-6-2-5-15(10-18)22(28)26-20-8-7-16(23)11-19(20)24/h2-12H,13H2,1H3,(H,26,28). The first kappa shape index (κ1) is 19.0. The van der Waals surface area contributed by atoms with Crippen LogP contribution in [0.2, 0.25) is 5.02 Å². The van der Waals surface area contributed by atoms with Crippen LogP contribution in [0.1, 0.15) is 21.6 Å². The Bertz CT molecular complexity index is 1210. The molecule has 0 atom stereocenters. The number of halogens is 2. The first-order valence-corrected chi connectivity index (χ1v) is 9.30. The zero-order chi connectivity index (χ0) is 20.4. The third kappa shape index (κ3) is 4.22. The summed E-state index contributed by atoms with van der Waals surface area (Å²) < 4.78 is 21.6. The number of nitrogens with zero attached hydrogens (tertiary/aromatic N) is 2. The van der Waals surface area contributed by atoms with E-state index in [0.717, 1.165) is 23.0 Å². The highest BCUT2D eigenvalue weighted by Crippen LogP contribution is 2.21. The molecule has 0 spiro atoms. The molecule has 2 aromatic heterocycles. The van der Waals surface area contributed by atoms with Crippen LogP contribution in [-0.4, -0.2) is 15.3 Å². The molecule has 4 aromatic rings. The van der Waals surface area contributed by atoms with Crippen molar-refractivity contribution in [2.75, 3.05) is 5.32 Å². The molecule has 0 fully saturated rings. The maximum absolute atomic E-state index is 13.9. The first-order valence-electron chi connectivity index (χ1n) is 8.92. The lowest BCUT2D eigenvalue weighted by Gasteiger charge is -2.09. The Hall–Kier alpha value is -3.38. The van der Waals surface area contributed by atoms with E-state index in [0.29, 0.717) is 11.3 Å². The average Bonchev–Trinajstić information content (AvgIpc) is 3.13. The van der Waals surface area contributed by atoms with Gasteiger partial charge in [0.05, 0.1) is 11.4 Å². The number of hydrogen-bond donors (Lipinski definition) is 1. The van der Waals surface area contributed by atoms with Gasteiger partial charge in [-0.05, 0) is 55.0 Å². The molecule has 7 heteroatoms. The van der Waals surface area contributed by atoms with Crippen molar-refractivity contribution in [3.63, 3.8) is 0 Å². The SMILES string of the molecule is Cc1cccn2cc(COc3cccc(C(=O)Nc4ccc(Cl)cc4F)c3)nc12. The summed E-state index contributed by atoms with van der Waals surface area (Å²) in [6.45, 7) is 2.26. The van der Waals surface area contributed by atoms with Crippen molar-refractivity contribution in [1.82, 2.24) is 9.38 Å². The van der Waals surface area contributed by atoms with E-state index in [1.54, 1.807) is 24.3 Å². The summed E-state index contributed by atoms with van der Waals surface area (Å²) >= 11 is 5.74. The number of fused-ring (bicyclic) bond motifs is 1. The van der Waals surface area contributed by atoms with Crippen molar-refractivity contribution in [2.24, 2.45) is 0 Å². The molecule has 4 rings (SSSR count). The Morgan fingerprint density at radius 1 is 1.21 bits per heavy atom. The summed E-state index contributed by atoms with van der Waals surface area (Å²) in [5, 5.41) is 2.80. The normalized spacial score (nSPS) is 10.9. The highest BCUT2D eigenvalue weighted by atomic mass is 35.5. The minimum atomic E-state index is -0.597. The van der Waals surface area contributed by atoms with Crippen LogP contribution in [0.4, 0.5) is 10.1 Å². The van der Waals surface area contributed by atoms with E-state index in [1.165, 1.54) is 12.1 Å². The van der Waals surface area contributed by atoms with Crippen molar-refractivity contribution in [1.29, 1.82) is 0 Å². The van der Waals surface area contributed by atoms with Gasteiger partial charge in [-0.3, -0.25) is 4.79 Å². The monoisotopic (exact) mass is 409 g/mol. The molecule has 0 saturated heterocycles. The summed E-state index contributed by atoms with van der Waals surface area (Å²) in [4.78, 5) is 17.0. The van der Waals surface area contributed by atoms with Gasteiger partial charge in [-0.1, -0.05) is 23.7 Å². The van der Waals surface area contributed by atoms with E-state index >= 15 is 0 Å². The number of benzene rings is 2. The summed E-state index contributed by atoms with van der Waals surface area (Å²) in [7, 11) is 0. The lowest BCUT2D eigenvalue weighted by molar-refractivity contribution is 0.102. The number of nitrogens with one attached hydrogen (secondary N) is 1. The molecule has 0 unspecified atom stereocenters. The number of anilines is 1. The minimum absolute atomic E-state index is 0.0609. The summed E-state index contributed by atoms with van der Waals surface area (Å²) in [6, 6.07) is 14.7. The number of hydrogen-bond acceptors (Lipinski definition) is 3. The Morgan fingerprint density at radius 3 is 2.86 bits per heavy atom. The largest absolute Gasteiger partial charge is 0.487 e. The molecular formula is C22H17ClFN3O2. The lowest BCUT2D eigenvalue weighted by atomic mass is 10.2. The van der Waals surface area contributed by atoms with Crippen LogP contribution in [0, 0.1) is 12.7 Å². The highest BCUT2D eigenvalue weighted by Gasteiger charge is 2.11. The van der Waals surface area contributed by atoms with Crippen LogP contribution in [-0.2, 0) is 6.61 Å². The second-order valence-corrected chi connectivity index (χ2v) is 6.99. The van der Waals surface area contributed by atoms with Gasteiger partial charge < -0.3 is 14.5 Å². The zero-order valence-electron chi connectivity index (χ0n) is 15.5. The van der Waals surface area contributed by atoms with Crippen LogP contribution >= 0.6 is 11.6 Å². The topological polar surface area (TPSA) is 55.6 Å². The van der Waals surface area contributed by atoms with E-state index in [-0.39, 0.29) is 17.3 Å². The fourth-order valence-corrected chi connectivity index (χ4v) is 3.10. The van der Waals surface area contributed by atoms with Crippen LogP contribution in [0.15, 0.2) is 67.0 Å². The van der Waals surface area contributed by atoms with Gasteiger partial charge in [0.2, 0.25) is 0 Å². The first-order chi connectivity index (χ1) is 14.0. The Morgan fingerprint density at radius 2 is 2.07 bits per heavy atom. The van der Waals surface area contributed by atoms with E-state index in [1.807, 2.05) is 35.9 Å². The second kappa shape index (κ2) is 7.93. The predicted molar refractivity (Wildman–Crippen MR) is 110 cm³/mol. The van der Waals surface area contributed by atoms with Gasteiger partial charge in [-0.25, -0.2) is 9.37 Å². The molecule has 0 aliphatic carbocycles. The van der Waals surface area contributed by atoms with Gasteiger partial charge in [0, 0.05) is 23.0 Å². The van der Waals surface area contributed by atoms with Crippen molar-refractivity contribution < 1.29 is 13.9 Å². The Kier molecular flexibility index (Phi) is 5.18. The third-order valence-corrected chi connectivity index (χ3v) is 4.63.